The fourth-order valence-electron chi connectivity index (χ4n) is 3.99. The van der Waals surface area contributed by atoms with Gasteiger partial charge in [-0.2, -0.15) is 0 Å². The van der Waals surface area contributed by atoms with E-state index in [-0.39, 0.29) is 5.91 Å². The quantitative estimate of drug-likeness (QED) is 0.879. The minimum absolute atomic E-state index is 0.173. The first-order valence-corrected chi connectivity index (χ1v) is 8.20. The van der Waals surface area contributed by atoms with Crippen LogP contribution < -0.4 is 14.8 Å². The third-order valence-electron chi connectivity index (χ3n) is 5.17. The summed E-state index contributed by atoms with van der Waals surface area (Å²) in [5, 5.41) is 3.24. The van der Waals surface area contributed by atoms with Crippen LogP contribution in [0.2, 0.25) is 0 Å². The average molecular weight is 303 g/mol. The van der Waals surface area contributed by atoms with E-state index in [0.29, 0.717) is 18.2 Å². The van der Waals surface area contributed by atoms with E-state index in [2.05, 4.69) is 5.32 Å². The molecule has 4 heteroatoms. The van der Waals surface area contributed by atoms with Crippen molar-refractivity contribution in [3.63, 3.8) is 0 Å². The summed E-state index contributed by atoms with van der Waals surface area (Å²) in [6.07, 6.45) is 6.43. The Hall–Kier alpha value is -1.71. The van der Waals surface area contributed by atoms with E-state index in [1.165, 1.54) is 25.7 Å². The Morgan fingerprint density at radius 2 is 2.00 bits per heavy atom. The molecule has 3 rings (SSSR count). The maximum atomic E-state index is 12.2. The van der Waals surface area contributed by atoms with Crippen LogP contribution in [0.3, 0.4) is 0 Å². The van der Waals surface area contributed by atoms with Crippen molar-refractivity contribution in [3.05, 3.63) is 23.8 Å². The molecule has 4 nitrogen and oxygen atoms in total. The molecule has 0 radical (unpaired) electrons. The van der Waals surface area contributed by atoms with Gasteiger partial charge in [-0.1, -0.05) is 12.5 Å². The molecule has 2 aliphatic rings. The Bertz CT molecular complexity index is 543. The van der Waals surface area contributed by atoms with E-state index >= 15 is 0 Å². The molecule has 0 spiro atoms. The van der Waals surface area contributed by atoms with Crippen molar-refractivity contribution >= 4 is 5.91 Å². The predicted molar refractivity (Wildman–Crippen MR) is 85.2 cm³/mol. The predicted octanol–water partition coefficient (Wildman–Crippen LogP) is 2.94. The molecule has 0 aromatic heterocycles. The van der Waals surface area contributed by atoms with Crippen LogP contribution in [-0.4, -0.2) is 26.2 Å². The fourth-order valence-corrected chi connectivity index (χ4v) is 3.99. The fraction of sp³-hybridized carbons (Fsp3) is 0.611. The molecular formula is C18H25NO3. The molecular weight excluding hydrogens is 278 g/mol. The Labute approximate surface area is 132 Å². The van der Waals surface area contributed by atoms with Crippen molar-refractivity contribution < 1.29 is 14.3 Å². The summed E-state index contributed by atoms with van der Waals surface area (Å²) in [5.41, 5.74) is 1.10. The van der Waals surface area contributed by atoms with Gasteiger partial charge in [0, 0.05) is 12.5 Å². The molecule has 120 valence electrons. The molecule has 22 heavy (non-hydrogen) atoms. The minimum Gasteiger partial charge on any atom is -0.493 e. The van der Waals surface area contributed by atoms with Gasteiger partial charge in [0.1, 0.15) is 0 Å². The number of methoxy groups -OCH3 is 2. The van der Waals surface area contributed by atoms with Gasteiger partial charge in [0.05, 0.1) is 14.2 Å². The number of ether oxygens (including phenoxy) is 2. The molecule has 2 bridgehead atoms. The van der Waals surface area contributed by atoms with Crippen LogP contribution in [0.5, 0.6) is 11.5 Å². The molecule has 1 aromatic rings. The number of benzene rings is 1. The van der Waals surface area contributed by atoms with Crippen molar-refractivity contribution in [1.29, 1.82) is 0 Å². The summed E-state index contributed by atoms with van der Waals surface area (Å²) in [5.74, 6) is 3.20. The molecule has 1 N–H and O–H groups in total. The first-order chi connectivity index (χ1) is 10.7. The number of hydrogen-bond donors (Lipinski definition) is 1. The summed E-state index contributed by atoms with van der Waals surface area (Å²) >= 11 is 0. The van der Waals surface area contributed by atoms with Crippen LogP contribution in [0.25, 0.3) is 0 Å². The number of hydrogen-bond acceptors (Lipinski definition) is 3. The lowest BCUT2D eigenvalue weighted by Gasteiger charge is -2.22. The molecule has 0 unspecified atom stereocenters. The second kappa shape index (κ2) is 6.59. The van der Waals surface area contributed by atoms with E-state index < -0.39 is 0 Å². The third-order valence-corrected chi connectivity index (χ3v) is 5.17. The smallest absolute Gasteiger partial charge is 0.220 e. The van der Waals surface area contributed by atoms with Gasteiger partial charge in [0.15, 0.2) is 11.5 Å². The molecule has 1 aromatic carbocycles. The Kier molecular flexibility index (Phi) is 4.55. The van der Waals surface area contributed by atoms with E-state index in [1.54, 1.807) is 14.2 Å². The van der Waals surface area contributed by atoms with Crippen molar-refractivity contribution in [2.24, 2.45) is 11.8 Å². The number of aryl methyl sites for hydroxylation is 1. The van der Waals surface area contributed by atoms with Crippen molar-refractivity contribution in [2.45, 2.75) is 44.6 Å². The molecule has 0 heterocycles. The monoisotopic (exact) mass is 303 g/mol. The zero-order chi connectivity index (χ0) is 15.5. The molecule has 2 aliphatic carbocycles. The lowest BCUT2D eigenvalue weighted by atomic mass is 9.95. The number of amides is 1. The van der Waals surface area contributed by atoms with E-state index in [1.807, 2.05) is 18.2 Å². The Morgan fingerprint density at radius 3 is 2.64 bits per heavy atom. The van der Waals surface area contributed by atoms with E-state index in [0.717, 1.165) is 29.6 Å². The van der Waals surface area contributed by atoms with Gasteiger partial charge >= 0.3 is 0 Å². The number of fused-ring (bicyclic) bond motifs is 2. The Morgan fingerprint density at radius 1 is 1.18 bits per heavy atom. The molecule has 0 saturated heterocycles. The molecule has 3 atom stereocenters. The minimum atomic E-state index is 0.173. The second-order valence-corrected chi connectivity index (χ2v) is 6.54. The summed E-state index contributed by atoms with van der Waals surface area (Å²) in [6, 6.07) is 6.26. The lowest BCUT2D eigenvalue weighted by Crippen LogP contribution is -2.38. The highest BCUT2D eigenvalue weighted by Gasteiger charge is 2.39. The maximum Gasteiger partial charge on any atom is 0.220 e. The highest BCUT2D eigenvalue weighted by atomic mass is 16.5. The van der Waals surface area contributed by atoms with Gasteiger partial charge in [-0.25, -0.2) is 0 Å². The third kappa shape index (κ3) is 3.21. The van der Waals surface area contributed by atoms with Crippen LogP contribution >= 0.6 is 0 Å². The zero-order valence-electron chi connectivity index (χ0n) is 13.4. The molecule has 2 saturated carbocycles. The maximum absolute atomic E-state index is 12.2. The van der Waals surface area contributed by atoms with Crippen LogP contribution in [0.4, 0.5) is 0 Å². The molecule has 1 amide bonds. The van der Waals surface area contributed by atoms with Gasteiger partial charge in [0.2, 0.25) is 5.91 Å². The van der Waals surface area contributed by atoms with Crippen molar-refractivity contribution in [3.8, 4) is 11.5 Å². The first kappa shape index (κ1) is 15.2. The highest BCUT2D eigenvalue weighted by Crippen LogP contribution is 2.44. The van der Waals surface area contributed by atoms with Crippen LogP contribution in [0, 0.1) is 11.8 Å². The second-order valence-electron chi connectivity index (χ2n) is 6.54. The highest BCUT2D eigenvalue weighted by molar-refractivity contribution is 5.76. The number of carbonyl (C=O) groups excluding carboxylic acids is 1. The van der Waals surface area contributed by atoms with Crippen molar-refractivity contribution in [1.82, 2.24) is 5.32 Å². The first-order valence-electron chi connectivity index (χ1n) is 8.20. The normalized spacial score (nSPS) is 26.0. The Balaban J connectivity index is 1.50. The SMILES string of the molecule is COc1ccc(CCC(=O)N[C@@H]2C[C@H]3CC[C@H]2C3)cc1OC. The number of carbonyl (C=O) groups is 1. The van der Waals surface area contributed by atoms with Gasteiger partial charge in [-0.05, 0) is 55.2 Å². The van der Waals surface area contributed by atoms with Gasteiger partial charge in [0.25, 0.3) is 0 Å². The molecule has 2 fully saturated rings. The van der Waals surface area contributed by atoms with Crippen molar-refractivity contribution in [2.75, 3.05) is 14.2 Å². The summed E-state index contributed by atoms with van der Waals surface area (Å²) in [4.78, 5) is 12.2. The standard InChI is InChI=1S/C18H25NO3/c1-21-16-7-4-12(11-17(16)22-2)5-8-18(20)19-15-10-13-3-6-14(15)9-13/h4,7,11,13-15H,3,5-6,8-10H2,1-2H3,(H,19,20)/t13-,14-,15+/m0/s1. The largest absolute Gasteiger partial charge is 0.493 e. The lowest BCUT2D eigenvalue weighted by molar-refractivity contribution is -0.122. The van der Waals surface area contributed by atoms with Crippen LogP contribution in [0.1, 0.15) is 37.7 Å². The van der Waals surface area contributed by atoms with Gasteiger partial charge in [-0.15, -0.1) is 0 Å². The van der Waals surface area contributed by atoms with Crippen LogP contribution in [0.15, 0.2) is 18.2 Å². The topological polar surface area (TPSA) is 47.6 Å². The van der Waals surface area contributed by atoms with Crippen LogP contribution in [-0.2, 0) is 11.2 Å². The number of rotatable bonds is 6. The summed E-state index contributed by atoms with van der Waals surface area (Å²) in [7, 11) is 3.25. The number of nitrogens with one attached hydrogen (secondary N) is 1. The summed E-state index contributed by atoms with van der Waals surface area (Å²) < 4.78 is 10.5. The van der Waals surface area contributed by atoms with Gasteiger partial charge in [-0.3, -0.25) is 4.79 Å². The van der Waals surface area contributed by atoms with Gasteiger partial charge < -0.3 is 14.8 Å². The summed E-state index contributed by atoms with van der Waals surface area (Å²) in [6.45, 7) is 0. The average Bonchev–Trinajstić information content (AvgIpc) is 3.15. The van der Waals surface area contributed by atoms with E-state index in [4.69, 9.17) is 9.47 Å². The zero-order valence-corrected chi connectivity index (χ0v) is 13.4. The van der Waals surface area contributed by atoms with E-state index in [9.17, 15) is 4.79 Å². The molecule has 0 aliphatic heterocycles.